The van der Waals surface area contributed by atoms with Gasteiger partial charge in [0.1, 0.15) is 0 Å². The zero-order valence-corrected chi connectivity index (χ0v) is 10.9. The number of ether oxygens (including phenoxy) is 3. The Labute approximate surface area is 103 Å². The summed E-state index contributed by atoms with van der Waals surface area (Å²) in [5.74, 6) is 1.46. The highest BCUT2D eigenvalue weighted by atomic mass is 16.5. The summed E-state index contributed by atoms with van der Waals surface area (Å²) in [6.07, 6.45) is 0.0322. The second kappa shape index (κ2) is 7.14. The van der Waals surface area contributed by atoms with Crippen LogP contribution in [0.2, 0.25) is 0 Å². The molecule has 0 saturated heterocycles. The first kappa shape index (κ1) is 13.8. The third kappa shape index (κ3) is 3.61. The molecule has 1 rings (SSSR count). The maximum atomic E-state index is 5.68. The highest BCUT2D eigenvalue weighted by Crippen LogP contribution is 2.30. The van der Waals surface area contributed by atoms with E-state index in [1.54, 1.807) is 14.2 Å². The fourth-order valence-corrected chi connectivity index (χ4v) is 1.71. The quantitative estimate of drug-likeness (QED) is 0.790. The van der Waals surface area contributed by atoms with Gasteiger partial charge in [-0.3, -0.25) is 0 Å². The van der Waals surface area contributed by atoms with Crippen molar-refractivity contribution in [2.24, 2.45) is 0 Å². The van der Waals surface area contributed by atoms with Crippen molar-refractivity contribution >= 4 is 0 Å². The number of hydrogen-bond donors (Lipinski definition) is 1. The number of nitrogens with one attached hydrogen (secondary N) is 1. The van der Waals surface area contributed by atoms with Crippen LogP contribution in [0.25, 0.3) is 0 Å². The van der Waals surface area contributed by atoms with Crippen molar-refractivity contribution in [1.82, 2.24) is 5.32 Å². The van der Waals surface area contributed by atoms with Gasteiger partial charge in [-0.25, -0.2) is 0 Å². The van der Waals surface area contributed by atoms with E-state index in [4.69, 9.17) is 14.2 Å². The van der Waals surface area contributed by atoms with Gasteiger partial charge in [0.2, 0.25) is 0 Å². The molecule has 0 spiro atoms. The molecule has 0 fully saturated rings. The van der Waals surface area contributed by atoms with Crippen LogP contribution in [-0.2, 0) is 4.74 Å². The molecule has 0 aromatic heterocycles. The summed E-state index contributed by atoms with van der Waals surface area (Å²) in [7, 11) is 5.17. The summed E-state index contributed by atoms with van der Waals surface area (Å²) in [5, 5.41) is 3.12. The lowest BCUT2D eigenvalue weighted by Gasteiger charge is -2.18. The molecule has 1 aromatic carbocycles. The first-order chi connectivity index (χ1) is 8.26. The van der Waals surface area contributed by atoms with Crippen molar-refractivity contribution in [2.75, 3.05) is 34.4 Å². The fraction of sp³-hybridized carbons (Fsp3) is 0.538. The average Bonchev–Trinajstić information content (AvgIpc) is 2.37. The molecule has 0 aliphatic heterocycles. The Morgan fingerprint density at radius 3 is 2.41 bits per heavy atom. The smallest absolute Gasteiger partial charge is 0.161 e. The largest absolute Gasteiger partial charge is 0.493 e. The molecule has 0 amide bonds. The Morgan fingerprint density at radius 1 is 1.18 bits per heavy atom. The second-order valence-electron chi connectivity index (χ2n) is 3.62. The number of likely N-dealkylation sites (N-methyl/N-ethyl adjacent to an activating group) is 1. The van der Waals surface area contributed by atoms with Crippen molar-refractivity contribution in [3.63, 3.8) is 0 Å². The van der Waals surface area contributed by atoms with Gasteiger partial charge >= 0.3 is 0 Å². The van der Waals surface area contributed by atoms with Crippen LogP contribution in [0.1, 0.15) is 18.6 Å². The van der Waals surface area contributed by atoms with Crippen molar-refractivity contribution in [2.45, 2.75) is 13.0 Å². The third-order valence-corrected chi connectivity index (χ3v) is 2.54. The molecule has 0 unspecified atom stereocenters. The molecule has 4 nitrogen and oxygen atoms in total. The number of rotatable bonds is 7. The molecule has 1 aromatic rings. The molecule has 17 heavy (non-hydrogen) atoms. The summed E-state index contributed by atoms with van der Waals surface area (Å²) >= 11 is 0. The highest BCUT2D eigenvalue weighted by Gasteiger charge is 2.13. The van der Waals surface area contributed by atoms with Gasteiger partial charge < -0.3 is 19.5 Å². The maximum Gasteiger partial charge on any atom is 0.161 e. The summed E-state index contributed by atoms with van der Waals surface area (Å²) in [5.41, 5.74) is 1.08. The van der Waals surface area contributed by atoms with Crippen LogP contribution in [0.15, 0.2) is 18.2 Å². The minimum absolute atomic E-state index is 0.0322. The van der Waals surface area contributed by atoms with E-state index in [0.717, 1.165) is 23.6 Å². The lowest BCUT2D eigenvalue weighted by Crippen LogP contribution is -2.19. The van der Waals surface area contributed by atoms with Crippen LogP contribution in [0, 0.1) is 0 Å². The van der Waals surface area contributed by atoms with Gasteiger partial charge in [0.15, 0.2) is 11.5 Å². The van der Waals surface area contributed by atoms with Gasteiger partial charge in [0.25, 0.3) is 0 Å². The van der Waals surface area contributed by atoms with Crippen LogP contribution in [0.5, 0.6) is 11.5 Å². The molecule has 0 radical (unpaired) electrons. The van der Waals surface area contributed by atoms with Gasteiger partial charge in [-0.2, -0.15) is 0 Å². The molecule has 0 bridgehead atoms. The van der Waals surface area contributed by atoms with Gasteiger partial charge in [-0.1, -0.05) is 6.07 Å². The van der Waals surface area contributed by atoms with Crippen LogP contribution in [0.3, 0.4) is 0 Å². The predicted molar refractivity (Wildman–Crippen MR) is 67.8 cm³/mol. The Hall–Kier alpha value is -1.26. The van der Waals surface area contributed by atoms with Crippen LogP contribution < -0.4 is 14.8 Å². The lowest BCUT2D eigenvalue weighted by molar-refractivity contribution is 0.0636. The third-order valence-electron chi connectivity index (χ3n) is 2.54. The van der Waals surface area contributed by atoms with E-state index >= 15 is 0 Å². The predicted octanol–water partition coefficient (Wildman–Crippen LogP) is 2.00. The molecule has 0 aliphatic rings. The van der Waals surface area contributed by atoms with Crippen molar-refractivity contribution in [3.8, 4) is 11.5 Å². The van der Waals surface area contributed by atoms with Gasteiger partial charge in [0, 0.05) is 13.2 Å². The molecular formula is C13H21NO3. The summed E-state index contributed by atoms with van der Waals surface area (Å²) in [6.45, 7) is 3.44. The highest BCUT2D eigenvalue weighted by molar-refractivity contribution is 5.43. The topological polar surface area (TPSA) is 39.7 Å². The van der Waals surface area contributed by atoms with Crippen molar-refractivity contribution in [1.29, 1.82) is 0 Å². The molecule has 0 heterocycles. The molecule has 1 N–H and O–H groups in total. The first-order valence-corrected chi connectivity index (χ1v) is 5.74. The Bertz CT molecular complexity index is 335. The molecule has 1 atom stereocenters. The van der Waals surface area contributed by atoms with E-state index in [0.29, 0.717) is 6.61 Å². The van der Waals surface area contributed by atoms with E-state index in [-0.39, 0.29) is 6.10 Å². The van der Waals surface area contributed by atoms with E-state index < -0.39 is 0 Å². The first-order valence-electron chi connectivity index (χ1n) is 5.74. The minimum atomic E-state index is 0.0322. The molecule has 0 saturated carbocycles. The van der Waals surface area contributed by atoms with Gasteiger partial charge in [-0.15, -0.1) is 0 Å². The van der Waals surface area contributed by atoms with Gasteiger partial charge in [-0.05, 0) is 31.7 Å². The van der Waals surface area contributed by atoms with E-state index in [2.05, 4.69) is 5.32 Å². The second-order valence-corrected chi connectivity index (χ2v) is 3.62. The standard InChI is InChI=1S/C13H21NO3/c1-5-17-13(9-14-2)10-6-7-11(15-3)12(8-10)16-4/h6-8,13-14H,5,9H2,1-4H3/t13-/m1/s1. The van der Waals surface area contributed by atoms with Crippen molar-refractivity contribution in [3.05, 3.63) is 23.8 Å². The summed E-state index contributed by atoms with van der Waals surface area (Å²) in [4.78, 5) is 0. The fourth-order valence-electron chi connectivity index (χ4n) is 1.71. The minimum Gasteiger partial charge on any atom is -0.493 e. The van der Waals surface area contributed by atoms with Crippen LogP contribution in [-0.4, -0.2) is 34.4 Å². The number of methoxy groups -OCH3 is 2. The van der Waals surface area contributed by atoms with Crippen LogP contribution in [0.4, 0.5) is 0 Å². The Morgan fingerprint density at radius 2 is 1.88 bits per heavy atom. The van der Waals surface area contributed by atoms with E-state index in [9.17, 15) is 0 Å². The molecule has 4 heteroatoms. The van der Waals surface area contributed by atoms with E-state index in [1.165, 1.54) is 0 Å². The average molecular weight is 239 g/mol. The zero-order valence-electron chi connectivity index (χ0n) is 10.9. The zero-order chi connectivity index (χ0) is 12.7. The Balaban J connectivity index is 2.94. The monoisotopic (exact) mass is 239 g/mol. The number of benzene rings is 1. The van der Waals surface area contributed by atoms with Crippen molar-refractivity contribution < 1.29 is 14.2 Å². The SMILES string of the molecule is CCO[C@H](CNC)c1ccc(OC)c(OC)c1. The molecular weight excluding hydrogens is 218 g/mol. The Kier molecular flexibility index (Phi) is 5.80. The van der Waals surface area contributed by atoms with Gasteiger partial charge in [0.05, 0.1) is 20.3 Å². The summed E-state index contributed by atoms with van der Waals surface area (Å²) in [6, 6.07) is 5.85. The summed E-state index contributed by atoms with van der Waals surface area (Å²) < 4.78 is 16.2. The normalized spacial score (nSPS) is 12.2. The maximum absolute atomic E-state index is 5.68. The lowest BCUT2D eigenvalue weighted by atomic mass is 10.1. The van der Waals surface area contributed by atoms with Crippen LogP contribution >= 0.6 is 0 Å². The number of hydrogen-bond acceptors (Lipinski definition) is 4. The van der Waals surface area contributed by atoms with E-state index in [1.807, 2.05) is 32.2 Å². The molecule has 0 aliphatic carbocycles. The molecule has 96 valence electrons.